The molecule has 25 heavy (non-hydrogen) atoms. The highest BCUT2D eigenvalue weighted by Gasteiger charge is 2.10. The number of guanidine groups is 1. The lowest BCUT2D eigenvalue weighted by Crippen LogP contribution is -2.41. The van der Waals surface area contributed by atoms with E-state index in [0.29, 0.717) is 24.1 Å². The van der Waals surface area contributed by atoms with Crippen LogP contribution in [-0.2, 0) is 6.54 Å². The van der Waals surface area contributed by atoms with Crippen LogP contribution in [0.4, 0.5) is 8.78 Å². The van der Waals surface area contributed by atoms with Crippen molar-refractivity contribution in [2.75, 3.05) is 27.2 Å². The summed E-state index contributed by atoms with van der Waals surface area (Å²) in [6.07, 6.45) is 0. The van der Waals surface area contributed by atoms with Gasteiger partial charge >= 0.3 is 6.61 Å². The van der Waals surface area contributed by atoms with Gasteiger partial charge in [-0.3, -0.25) is 4.99 Å². The van der Waals surface area contributed by atoms with Crippen molar-refractivity contribution in [1.29, 1.82) is 0 Å². The second-order valence-corrected chi connectivity index (χ2v) is 5.92. The van der Waals surface area contributed by atoms with Gasteiger partial charge in [-0.15, -0.1) is 24.0 Å². The van der Waals surface area contributed by atoms with Crippen molar-refractivity contribution in [2.45, 2.75) is 40.0 Å². The number of halogens is 3. The fraction of sp³-hybridized carbons (Fsp3) is 0.588. The van der Waals surface area contributed by atoms with Crippen LogP contribution in [0.3, 0.4) is 0 Å². The van der Waals surface area contributed by atoms with E-state index in [9.17, 15) is 8.78 Å². The highest BCUT2D eigenvalue weighted by Crippen LogP contribution is 2.21. The molecule has 0 amide bonds. The summed E-state index contributed by atoms with van der Waals surface area (Å²) in [5.74, 6) is 0.801. The largest absolute Gasteiger partial charge is 0.434 e. The standard InChI is InChI=1S/C17H28F2N4O.HI/c1-12(2)23(5)9-8-21-17(20-4)22-11-14-10-13(3)6-7-15(14)24-16(18)19;/h6-7,10,12,16H,8-9,11H2,1-5H3,(H2,20,21,22);1H. The van der Waals surface area contributed by atoms with Crippen LogP contribution < -0.4 is 15.4 Å². The van der Waals surface area contributed by atoms with Gasteiger partial charge in [-0.1, -0.05) is 17.7 Å². The Morgan fingerprint density at radius 2 is 1.96 bits per heavy atom. The number of nitrogens with one attached hydrogen (secondary N) is 2. The van der Waals surface area contributed by atoms with Crippen molar-refractivity contribution < 1.29 is 13.5 Å². The Balaban J connectivity index is 0.00000576. The molecular formula is C17H29F2IN4O. The average molecular weight is 470 g/mol. The molecule has 8 heteroatoms. The predicted octanol–water partition coefficient (Wildman–Crippen LogP) is 3.22. The molecule has 1 rings (SSSR count). The lowest BCUT2D eigenvalue weighted by Gasteiger charge is -2.22. The molecule has 0 saturated carbocycles. The molecule has 0 aliphatic heterocycles. The molecule has 0 spiro atoms. The molecule has 0 bridgehead atoms. The van der Waals surface area contributed by atoms with Gasteiger partial charge in [-0.25, -0.2) is 0 Å². The first-order valence-electron chi connectivity index (χ1n) is 8.02. The Kier molecular flexibility index (Phi) is 11.7. The Bertz CT molecular complexity index is 541. The molecule has 0 saturated heterocycles. The maximum Gasteiger partial charge on any atom is 0.387 e. The molecule has 1 aromatic rings. The van der Waals surface area contributed by atoms with Gasteiger partial charge < -0.3 is 20.3 Å². The van der Waals surface area contributed by atoms with Crippen LogP contribution in [0.1, 0.15) is 25.0 Å². The van der Waals surface area contributed by atoms with Crippen LogP contribution >= 0.6 is 24.0 Å². The van der Waals surface area contributed by atoms with Crippen molar-refractivity contribution in [1.82, 2.24) is 15.5 Å². The van der Waals surface area contributed by atoms with E-state index in [4.69, 9.17) is 0 Å². The number of benzene rings is 1. The van der Waals surface area contributed by atoms with E-state index in [1.54, 1.807) is 19.2 Å². The highest BCUT2D eigenvalue weighted by atomic mass is 127. The molecule has 0 aliphatic carbocycles. The maximum absolute atomic E-state index is 12.5. The van der Waals surface area contributed by atoms with Crippen LogP contribution in [0.2, 0.25) is 0 Å². The van der Waals surface area contributed by atoms with E-state index in [2.05, 4.69) is 46.2 Å². The number of likely N-dealkylation sites (N-methyl/N-ethyl adjacent to an activating group) is 1. The van der Waals surface area contributed by atoms with Gasteiger partial charge in [0.2, 0.25) is 0 Å². The highest BCUT2D eigenvalue weighted by molar-refractivity contribution is 14.0. The zero-order valence-corrected chi connectivity index (χ0v) is 17.8. The van der Waals surface area contributed by atoms with Crippen molar-refractivity contribution in [2.24, 2.45) is 4.99 Å². The quantitative estimate of drug-likeness (QED) is 0.348. The lowest BCUT2D eigenvalue weighted by atomic mass is 10.1. The zero-order chi connectivity index (χ0) is 18.1. The summed E-state index contributed by atoms with van der Waals surface area (Å²) in [6.45, 7) is 5.31. The number of hydrogen-bond acceptors (Lipinski definition) is 3. The molecule has 0 aromatic heterocycles. The molecule has 0 aliphatic rings. The minimum Gasteiger partial charge on any atom is -0.434 e. The van der Waals surface area contributed by atoms with E-state index in [1.807, 2.05) is 13.0 Å². The first kappa shape index (κ1) is 23.8. The van der Waals surface area contributed by atoms with Gasteiger partial charge in [-0.05, 0) is 33.9 Å². The first-order valence-corrected chi connectivity index (χ1v) is 8.02. The summed E-state index contributed by atoms with van der Waals surface area (Å²) in [5, 5.41) is 6.33. The Labute approximate surface area is 166 Å². The number of alkyl halides is 2. The van der Waals surface area contributed by atoms with E-state index in [0.717, 1.165) is 18.7 Å². The van der Waals surface area contributed by atoms with Crippen LogP contribution in [0, 0.1) is 6.92 Å². The van der Waals surface area contributed by atoms with Crippen molar-refractivity contribution in [3.05, 3.63) is 29.3 Å². The molecule has 0 heterocycles. The Morgan fingerprint density at radius 3 is 2.52 bits per heavy atom. The number of rotatable bonds is 8. The Morgan fingerprint density at radius 1 is 1.28 bits per heavy atom. The minimum atomic E-state index is -2.84. The van der Waals surface area contributed by atoms with Crippen LogP contribution in [-0.4, -0.2) is 50.7 Å². The second-order valence-electron chi connectivity index (χ2n) is 5.92. The third kappa shape index (κ3) is 9.20. The number of hydrogen-bond donors (Lipinski definition) is 2. The number of ether oxygens (including phenoxy) is 1. The number of aryl methyl sites for hydroxylation is 1. The van der Waals surface area contributed by atoms with Gasteiger partial charge in [0.05, 0.1) is 0 Å². The monoisotopic (exact) mass is 470 g/mol. The topological polar surface area (TPSA) is 48.9 Å². The molecular weight excluding hydrogens is 441 g/mol. The average Bonchev–Trinajstić information content (AvgIpc) is 2.52. The van der Waals surface area contributed by atoms with Gasteiger partial charge in [0.1, 0.15) is 5.75 Å². The van der Waals surface area contributed by atoms with Gasteiger partial charge in [0, 0.05) is 38.3 Å². The molecule has 0 fully saturated rings. The summed E-state index contributed by atoms with van der Waals surface area (Å²) in [7, 11) is 3.73. The predicted molar refractivity (Wildman–Crippen MR) is 109 cm³/mol. The minimum absolute atomic E-state index is 0. The third-order valence-electron chi connectivity index (χ3n) is 3.74. The van der Waals surface area contributed by atoms with Crippen LogP contribution in [0.5, 0.6) is 5.75 Å². The third-order valence-corrected chi connectivity index (χ3v) is 3.74. The van der Waals surface area contributed by atoms with Crippen LogP contribution in [0.25, 0.3) is 0 Å². The summed E-state index contributed by atoms with van der Waals surface area (Å²) in [4.78, 5) is 6.36. The van der Waals surface area contributed by atoms with E-state index < -0.39 is 6.61 Å². The lowest BCUT2D eigenvalue weighted by molar-refractivity contribution is -0.0504. The summed E-state index contributed by atoms with van der Waals surface area (Å²) in [5.41, 5.74) is 1.65. The maximum atomic E-state index is 12.5. The summed E-state index contributed by atoms with van der Waals surface area (Å²) >= 11 is 0. The first-order chi connectivity index (χ1) is 11.3. The Hall–Kier alpha value is -1.16. The molecule has 0 unspecified atom stereocenters. The normalized spacial score (nSPS) is 11.7. The molecule has 0 radical (unpaired) electrons. The zero-order valence-electron chi connectivity index (χ0n) is 15.5. The van der Waals surface area contributed by atoms with Gasteiger partial charge in [0.15, 0.2) is 5.96 Å². The van der Waals surface area contributed by atoms with Crippen LogP contribution in [0.15, 0.2) is 23.2 Å². The molecule has 5 nitrogen and oxygen atoms in total. The second kappa shape index (κ2) is 12.2. The number of aliphatic imine (C=N–C) groups is 1. The molecule has 144 valence electrons. The fourth-order valence-electron chi connectivity index (χ4n) is 2.07. The van der Waals surface area contributed by atoms with Crippen molar-refractivity contribution in [3.63, 3.8) is 0 Å². The molecule has 2 N–H and O–H groups in total. The fourth-order valence-corrected chi connectivity index (χ4v) is 2.07. The summed E-state index contributed by atoms with van der Waals surface area (Å²) in [6, 6.07) is 5.61. The van der Waals surface area contributed by atoms with E-state index >= 15 is 0 Å². The van der Waals surface area contributed by atoms with Gasteiger partial charge in [0.25, 0.3) is 0 Å². The summed E-state index contributed by atoms with van der Waals surface area (Å²) < 4.78 is 29.5. The number of nitrogens with zero attached hydrogens (tertiary/aromatic N) is 2. The van der Waals surface area contributed by atoms with Gasteiger partial charge in [-0.2, -0.15) is 8.78 Å². The smallest absolute Gasteiger partial charge is 0.387 e. The SMILES string of the molecule is CN=C(NCCN(C)C(C)C)NCc1cc(C)ccc1OC(F)F.I. The van der Waals surface area contributed by atoms with Crippen molar-refractivity contribution >= 4 is 29.9 Å². The molecule has 0 atom stereocenters. The van der Waals surface area contributed by atoms with E-state index in [1.165, 1.54) is 0 Å². The van der Waals surface area contributed by atoms with E-state index in [-0.39, 0.29) is 29.7 Å². The molecule has 1 aromatic carbocycles. The van der Waals surface area contributed by atoms with Crippen molar-refractivity contribution in [3.8, 4) is 5.75 Å².